The fourth-order valence-corrected chi connectivity index (χ4v) is 2.95. The summed E-state index contributed by atoms with van der Waals surface area (Å²) in [6.07, 6.45) is 9.47. The molecule has 4 heteroatoms. The number of rotatable bonds is 15. The molecule has 0 saturated heterocycles. The van der Waals surface area contributed by atoms with Crippen LogP contribution in [0.25, 0.3) is 6.08 Å². The number of ether oxygens (including phenoxy) is 3. The Labute approximate surface area is 187 Å². The highest BCUT2D eigenvalue weighted by Crippen LogP contribution is 2.33. The van der Waals surface area contributed by atoms with E-state index in [4.69, 9.17) is 14.2 Å². The van der Waals surface area contributed by atoms with Gasteiger partial charge in [-0.1, -0.05) is 64.3 Å². The van der Waals surface area contributed by atoms with E-state index in [1.54, 1.807) is 18.2 Å². The predicted molar refractivity (Wildman–Crippen MR) is 127 cm³/mol. The number of ketones is 1. The van der Waals surface area contributed by atoms with Crippen molar-refractivity contribution < 1.29 is 19.0 Å². The Morgan fingerprint density at radius 1 is 0.742 bits per heavy atom. The number of para-hydroxylation sites is 2. The van der Waals surface area contributed by atoms with Gasteiger partial charge in [0, 0.05) is 5.56 Å². The van der Waals surface area contributed by atoms with Crippen LogP contribution in [0.2, 0.25) is 0 Å². The molecule has 0 amide bonds. The smallest absolute Gasteiger partial charge is 0.189 e. The Morgan fingerprint density at radius 3 is 2.00 bits per heavy atom. The highest BCUT2D eigenvalue weighted by atomic mass is 16.5. The molecule has 0 aliphatic carbocycles. The number of benzene rings is 2. The average molecular weight is 425 g/mol. The van der Waals surface area contributed by atoms with E-state index in [2.05, 4.69) is 20.8 Å². The second-order valence-corrected chi connectivity index (χ2v) is 7.47. The second-order valence-electron chi connectivity index (χ2n) is 7.47. The molecule has 2 rings (SSSR count). The van der Waals surface area contributed by atoms with Gasteiger partial charge < -0.3 is 14.2 Å². The highest BCUT2D eigenvalue weighted by Gasteiger charge is 2.12. The van der Waals surface area contributed by atoms with Gasteiger partial charge in [-0.2, -0.15) is 0 Å². The summed E-state index contributed by atoms with van der Waals surface area (Å²) in [6, 6.07) is 13.2. The number of unbranched alkanes of at least 4 members (excludes halogenated alkanes) is 3. The molecule has 0 N–H and O–H groups in total. The van der Waals surface area contributed by atoms with Gasteiger partial charge in [0.05, 0.1) is 25.4 Å². The quantitative estimate of drug-likeness (QED) is 0.173. The molecule has 0 aliphatic rings. The molecule has 0 unspecified atom stereocenters. The average Bonchev–Trinajstić information content (AvgIpc) is 2.79. The summed E-state index contributed by atoms with van der Waals surface area (Å²) in [5, 5.41) is 0. The number of carbonyl (C=O) groups is 1. The van der Waals surface area contributed by atoms with Crippen LogP contribution in [-0.2, 0) is 0 Å². The maximum Gasteiger partial charge on any atom is 0.189 e. The molecule has 0 bridgehead atoms. The summed E-state index contributed by atoms with van der Waals surface area (Å²) >= 11 is 0. The Morgan fingerprint density at radius 2 is 1.32 bits per heavy atom. The van der Waals surface area contributed by atoms with Crippen LogP contribution in [0.3, 0.4) is 0 Å². The third kappa shape index (κ3) is 8.12. The van der Waals surface area contributed by atoms with Gasteiger partial charge in [0.25, 0.3) is 0 Å². The van der Waals surface area contributed by atoms with Gasteiger partial charge in [-0.05, 0) is 49.6 Å². The van der Waals surface area contributed by atoms with Crippen LogP contribution in [0.5, 0.6) is 17.2 Å². The van der Waals surface area contributed by atoms with Gasteiger partial charge in [-0.15, -0.1) is 0 Å². The van der Waals surface area contributed by atoms with Crippen molar-refractivity contribution in [3.05, 3.63) is 59.7 Å². The van der Waals surface area contributed by atoms with Gasteiger partial charge in [0.1, 0.15) is 5.75 Å². The fourth-order valence-electron chi connectivity index (χ4n) is 2.95. The molecular formula is C27H36O4. The molecule has 0 atom stereocenters. The molecule has 0 fully saturated rings. The van der Waals surface area contributed by atoms with E-state index in [0.717, 1.165) is 49.8 Å². The molecule has 0 saturated carbocycles. The lowest BCUT2D eigenvalue weighted by Gasteiger charge is -2.15. The van der Waals surface area contributed by atoms with Crippen molar-refractivity contribution in [1.82, 2.24) is 0 Å². The SMILES string of the molecule is CCCCOc1ccccc1C(=O)/C=C/c1cccc(OCCCC)c1OCCCC. The van der Waals surface area contributed by atoms with Crippen molar-refractivity contribution in [3.8, 4) is 17.2 Å². The van der Waals surface area contributed by atoms with Gasteiger partial charge in [-0.3, -0.25) is 4.79 Å². The molecule has 4 nitrogen and oxygen atoms in total. The van der Waals surface area contributed by atoms with E-state index >= 15 is 0 Å². The van der Waals surface area contributed by atoms with Gasteiger partial charge in [0.2, 0.25) is 0 Å². The first-order valence-corrected chi connectivity index (χ1v) is 11.5. The van der Waals surface area contributed by atoms with Crippen molar-refractivity contribution in [3.63, 3.8) is 0 Å². The van der Waals surface area contributed by atoms with E-state index in [9.17, 15) is 4.79 Å². The summed E-state index contributed by atoms with van der Waals surface area (Å²) in [5.74, 6) is 1.96. The van der Waals surface area contributed by atoms with E-state index in [1.165, 1.54) is 0 Å². The number of carbonyl (C=O) groups excluding carboxylic acids is 1. The van der Waals surface area contributed by atoms with Crippen molar-refractivity contribution in [2.45, 2.75) is 59.3 Å². The van der Waals surface area contributed by atoms with Crippen LogP contribution in [0.1, 0.15) is 75.2 Å². The monoisotopic (exact) mass is 424 g/mol. The molecule has 31 heavy (non-hydrogen) atoms. The largest absolute Gasteiger partial charge is 0.493 e. The molecule has 2 aromatic carbocycles. The molecule has 0 spiro atoms. The third-order valence-corrected chi connectivity index (χ3v) is 4.83. The van der Waals surface area contributed by atoms with Crippen LogP contribution in [0, 0.1) is 0 Å². The third-order valence-electron chi connectivity index (χ3n) is 4.83. The lowest BCUT2D eigenvalue weighted by atomic mass is 10.1. The molecule has 2 aromatic rings. The van der Waals surface area contributed by atoms with Crippen molar-refractivity contribution >= 4 is 11.9 Å². The van der Waals surface area contributed by atoms with E-state index in [0.29, 0.717) is 36.9 Å². The summed E-state index contributed by atoms with van der Waals surface area (Å²) in [6.45, 7) is 8.26. The minimum atomic E-state index is -0.0936. The van der Waals surface area contributed by atoms with Gasteiger partial charge in [0.15, 0.2) is 17.3 Å². The van der Waals surface area contributed by atoms with Crippen LogP contribution in [0.4, 0.5) is 0 Å². The van der Waals surface area contributed by atoms with Gasteiger partial charge in [-0.25, -0.2) is 0 Å². The van der Waals surface area contributed by atoms with Crippen LogP contribution in [-0.4, -0.2) is 25.6 Å². The molecular weight excluding hydrogens is 388 g/mol. The zero-order valence-electron chi connectivity index (χ0n) is 19.2. The fraction of sp³-hybridized carbons (Fsp3) is 0.444. The maximum atomic E-state index is 12.9. The topological polar surface area (TPSA) is 44.8 Å². The van der Waals surface area contributed by atoms with Crippen molar-refractivity contribution in [2.75, 3.05) is 19.8 Å². The van der Waals surface area contributed by atoms with Crippen LogP contribution in [0.15, 0.2) is 48.5 Å². The molecule has 0 heterocycles. The summed E-state index contributed by atoms with van der Waals surface area (Å²) in [5.41, 5.74) is 1.40. The van der Waals surface area contributed by atoms with E-state index < -0.39 is 0 Å². The lowest BCUT2D eigenvalue weighted by molar-refractivity contribution is 0.104. The molecule has 0 aliphatic heterocycles. The Kier molecular flexibility index (Phi) is 11.3. The Bertz CT molecular complexity index is 826. The Hall–Kier alpha value is -2.75. The molecule has 168 valence electrons. The van der Waals surface area contributed by atoms with Crippen LogP contribution < -0.4 is 14.2 Å². The predicted octanol–water partition coefficient (Wildman–Crippen LogP) is 7.12. The zero-order chi connectivity index (χ0) is 22.3. The number of allylic oxidation sites excluding steroid dienone is 1. The number of hydrogen-bond acceptors (Lipinski definition) is 4. The first-order chi connectivity index (χ1) is 15.2. The van der Waals surface area contributed by atoms with E-state index in [1.807, 2.05) is 36.4 Å². The zero-order valence-corrected chi connectivity index (χ0v) is 19.2. The maximum absolute atomic E-state index is 12.9. The van der Waals surface area contributed by atoms with Gasteiger partial charge >= 0.3 is 0 Å². The molecule has 0 radical (unpaired) electrons. The summed E-state index contributed by atoms with van der Waals surface area (Å²) in [4.78, 5) is 12.9. The minimum Gasteiger partial charge on any atom is -0.493 e. The minimum absolute atomic E-state index is 0.0936. The summed E-state index contributed by atoms with van der Waals surface area (Å²) < 4.78 is 17.8. The number of hydrogen-bond donors (Lipinski definition) is 0. The normalized spacial score (nSPS) is 10.9. The second kappa shape index (κ2) is 14.3. The standard InChI is InChI=1S/C27H36O4/c1-4-7-19-29-25-15-11-10-14-23(25)24(28)18-17-22-13-12-16-26(30-20-8-5-2)27(22)31-21-9-6-3/h10-18H,4-9,19-21H2,1-3H3/b18-17+. The summed E-state index contributed by atoms with van der Waals surface area (Å²) in [7, 11) is 0. The van der Waals surface area contributed by atoms with Crippen molar-refractivity contribution in [2.24, 2.45) is 0 Å². The highest BCUT2D eigenvalue weighted by molar-refractivity contribution is 6.08. The molecule has 0 aromatic heterocycles. The lowest BCUT2D eigenvalue weighted by Crippen LogP contribution is -2.04. The van der Waals surface area contributed by atoms with E-state index in [-0.39, 0.29) is 5.78 Å². The van der Waals surface area contributed by atoms with Crippen LogP contribution >= 0.6 is 0 Å². The first kappa shape index (κ1) is 24.5. The first-order valence-electron chi connectivity index (χ1n) is 11.5. The Balaban J connectivity index is 2.22. The van der Waals surface area contributed by atoms with Crippen molar-refractivity contribution in [1.29, 1.82) is 0 Å².